The zero-order chi connectivity index (χ0) is 9.10. The number of rotatable bonds is 1. The quantitative estimate of drug-likeness (QED) is 0.659. The monoisotopic (exact) mass is 170 g/mol. The molecular formula is C10H6N2O. The van der Waals surface area contributed by atoms with Crippen LogP contribution in [0.4, 0.5) is 0 Å². The maximum atomic E-state index is 8.81. The Morgan fingerprint density at radius 2 is 2.15 bits per heavy atom. The number of oxazole rings is 1. The average Bonchev–Trinajstić information content (AvgIpc) is 2.70. The summed E-state index contributed by atoms with van der Waals surface area (Å²) in [6, 6.07) is 9.39. The molecule has 0 aliphatic carbocycles. The van der Waals surface area contributed by atoms with Crippen molar-refractivity contribution in [3.63, 3.8) is 0 Å². The molecule has 0 bridgehead atoms. The van der Waals surface area contributed by atoms with Crippen molar-refractivity contribution in [3.8, 4) is 17.3 Å². The first kappa shape index (κ1) is 7.56. The molecule has 0 spiro atoms. The number of hydrogen-bond acceptors (Lipinski definition) is 3. The Balaban J connectivity index is 2.59. The van der Waals surface area contributed by atoms with Crippen LogP contribution in [0.25, 0.3) is 11.3 Å². The van der Waals surface area contributed by atoms with Crippen molar-refractivity contribution in [1.82, 2.24) is 4.98 Å². The van der Waals surface area contributed by atoms with E-state index in [1.54, 1.807) is 6.07 Å². The third kappa shape index (κ3) is 1.30. The lowest BCUT2D eigenvalue weighted by atomic mass is 10.1. The van der Waals surface area contributed by atoms with Gasteiger partial charge in [-0.15, -0.1) is 0 Å². The van der Waals surface area contributed by atoms with Gasteiger partial charge in [-0.1, -0.05) is 18.2 Å². The molecule has 0 aliphatic heterocycles. The van der Waals surface area contributed by atoms with Crippen molar-refractivity contribution in [2.75, 3.05) is 0 Å². The molecule has 62 valence electrons. The molecule has 2 aromatic rings. The molecule has 0 atom stereocenters. The molecule has 3 heteroatoms. The summed E-state index contributed by atoms with van der Waals surface area (Å²) < 4.78 is 4.85. The lowest BCUT2D eigenvalue weighted by Gasteiger charge is -1.96. The highest BCUT2D eigenvalue weighted by Crippen LogP contribution is 2.20. The highest BCUT2D eigenvalue weighted by Gasteiger charge is 2.05. The average molecular weight is 170 g/mol. The van der Waals surface area contributed by atoms with Crippen LogP contribution in [0.5, 0.6) is 0 Å². The third-order valence-corrected chi connectivity index (χ3v) is 1.76. The SMILES string of the molecule is N#Cc1ccccc1-c1cocn1. The fraction of sp³-hybridized carbons (Fsp3) is 0. The van der Waals surface area contributed by atoms with E-state index < -0.39 is 0 Å². The minimum atomic E-state index is 0.608. The zero-order valence-corrected chi connectivity index (χ0v) is 6.77. The minimum Gasteiger partial charge on any atom is -0.451 e. The summed E-state index contributed by atoms with van der Waals surface area (Å²) in [5.41, 5.74) is 2.10. The summed E-state index contributed by atoms with van der Waals surface area (Å²) in [5.74, 6) is 0. The van der Waals surface area contributed by atoms with Crippen molar-refractivity contribution >= 4 is 0 Å². The van der Waals surface area contributed by atoms with E-state index in [-0.39, 0.29) is 0 Å². The highest BCUT2D eigenvalue weighted by atomic mass is 16.3. The third-order valence-electron chi connectivity index (χ3n) is 1.76. The molecule has 13 heavy (non-hydrogen) atoms. The molecule has 2 rings (SSSR count). The first-order valence-corrected chi connectivity index (χ1v) is 3.79. The van der Waals surface area contributed by atoms with Gasteiger partial charge in [0.2, 0.25) is 0 Å². The maximum Gasteiger partial charge on any atom is 0.181 e. The molecule has 3 nitrogen and oxygen atoms in total. The molecule has 1 heterocycles. The molecule has 0 fully saturated rings. The molecular weight excluding hydrogens is 164 g/mol. The van der Waals surface area contributed by atoms with E-state index in [2.05, 4.69) is 11.1 Å². The van der Waals surface area contributed by atoms with Crippen molar-refractivity contribution in [1.29, 1.82) is 5.26 Å². The highest BCUT2D eigenvalue weighted by molar-refractivity contribution is 5.66. The lowest BCUT2D eigenvalue weighted by molar-refractivity contribution is 0.558. The van der Waals surface area contributed by atoms with Crippen LogP contribution in [-0.2, 0) is 0 Å². The van der Waals surface area contributed by atoms with E-state index in [1.165, 1.54) is 12.7 Å². The van der Waals surface area contributed by atoms with Crippen LogP contribution in [0.15, 0.2) is 41.3 Å². The van der Waals surface area contributed by atoms with Gasteiger partial charge in [-0.05, 0) is 6.07 Å². The second-order valence-corrected chi connectivity index (χ2v) is 2.53. The van der Waals surface area contributed by atoms with Crippen LogP contribution in [0, 0.1) is 11.3 Å². The Morgan fingerprint density at radius 3 is 2.85 bits per heavy atom. The maximum absolute atomic E-state index is 8.81. The number of hydrogen-bond donors (Lipinski definition) is 0. The second-order valence-electron chi connectivity index (χ2n) is 2.53. The van der Waals surface area contributed by atoms with E-state index in [9.17, 15) is 0 Å². The van der Waals surface area contributed by atoms with Crippen LogP contribution in [0.3, 0.4) is 0 Å². The van der Waals surface area contributed by atoms with E-state index in [4.69, 9.17) is 9.68 Å². The summed E-state index contributed by atoms with van der Waals surface area (Å²) >= 11 is 0. The van der Waals surface area contributed by atoms with Crippen molar-refractivity contribution < 1.29 is 4.42 Å². The summed E-state index contributed by atoms with van der Waals surface area (Å²) in [6.45, 7) is 0. The first-order chi connectivity index (χ1) is 6.42. The first-order valence-electron chi connectivity index (χ1n) is 3.79. The largest absolute Gasteiger partial charge is 0.451 e. The Hall–Kier alpha value is -2.08. The molecule has 0 N–H and O–H groups in total. The molecule has 0 radical (unpaired) electrons. The molecule has 0 unspecified atom stereocenters. The van der Waals surface area contributed by atoms with Crippen LogP contribution >= 0.6 is 0 Å². The molecule has 0 saturated heterocycles. The van der Waals surface area contributed by atoms with E-state index >= 15 is 0 Å². The number of benzene rings is 1. The summed E-state index contributed by atoms with van der Waals surface area (Å²) in [6.07, 6.45) is 2.87. The van der Waals surface area contributed by atoms with Gasteiger partial charge in [0.15, 0.2) is 6.39 Å². The standard InChI is InChI=1S/C10H6N2O/c11-5-8-3-1-2-4-9(8)10-6-13-7-12-10/h1-4,6-7H. The van der Waals surface area contributed by atoms with Gasteiger partial charge in [0.05, 0.1) is 11.6 Å². The zero-order valence-electron chi connectivity index (χ0n) is 6.77. The van der Waals surface area contributed by atoms with Gasteiger partial charge in [0.1, 0.15) is 12.0 Å². The van der Waals surface area contributed by atoms with Crippen molar-refractivity contribution in [2.45, 2.75) is 0 Å². The van der Waals surface area contributed by atoms with Crippen LogP contribution in [0.2, 0.25) is 0 Å². The molecule has 0 saturated carbocycles. The lowest BCUT2D eigenvalue weighted by Crippen LogP contribution is -1.82. The van der Waals surface area contributed by atoms with Crippen molar-refractivity contribution in [3.05, 3.63) is 42.5 Å². The fourth-order valence-electron chi connectivity index (χ4n) is 1.15. The molecule has 1 aromatic heterocycles. The summed E-state index contributed by atoms with van der Waals surface area (Å²) in [7, 11) is 0. The Kier molecular flexibility index (Phi) is 1.81. The predicted octanol–water partition coefficient (Wildman–Crippen LogP) is 2.21. The van der Waals surface area contributed by atoms with Gasteiger partial charge in [-0.25, -0.2) is 4.98 Å². The summed E-state index contributed by atoms with van der Waals surface area (Å²) in [4.78, 5) is 3.98. The summed E-state index contributed by atoms with van der Waals surface area (Å²) in [5, 5.41) is 8.81. The van der Waals surface area contributed by atoms with Crippen LogP contribution in [0.1, 0.15) is 5.56 Å². The molecule has 0 amide bonds. The smallest absolute Gasteiger partial charge is 0.181 e. The van der Waals surface area contributed by atoms with E-state index in [1.807, 2.05) is 18.2 Å². The molecule has 0 aliphatic rings. The molecule has 1 aromatic carbocycles. The van der Waals surface area contributed by atoms with Crippen LogP contribution in [-0.4, -0.2) is 4.98 Å². The Labute approximate surface area is 75.3 Å². The predicted molar refractivity (Wildman–Crippen MR) is 46.7 cm³/mol. The Bertz CT molecular complexity index is 440. The van der Waals surface area contributed by atoms with Crippen LogP contribution < -0.4 is 0 Å². The topological polar surface area (TPSA) is 49.8 Å². The van der Waals surface area contributed by atoms with Gasteiger partial charge >= 0.3 is 0 Å². The van der Waals surface area contributed by atoms with Gasteiger partial charge < -0.3 is 4.42 Å². The normalized spacial score (nSPS) is 9.46. The minimum absolute atomic E-state index is 0.608. The number of aromatic nitrogens is 1. The van der Waals surface area contributed by atoms with Crippen molar-refractivity contribution in [2.24, 2.45) is 0 Å². The van der Waals surface area contributed by atoms with Gasteiger partial charge in [0.25, 0.3) is 0 Å². The van der Waals surface area contributed by atoms with E-state index in [0.717, 1.165) is 5.56 Å². The second kappa shape index (κ2) is 3.11. The van der Waals surface area contributed by atoms with Gasteiger partial charge in [-0.2, -0.15) is 5.26 Å². The fourth-order valence-corrected chi connectivity index (χ4v) is 1.15. The van der Waals surface area contributed by atoms with Gasteiger partial charge in [0, 0.05) is 5.56 Å². The number of nitriles is 1. The Morgan fingerprint density at radius 1 is 1.31 bits per heavy atom. The van der Waals surface area contributed by atoms with E-state index in [0.29, 0.717) is 11.3 Å². The van der Waals surface area contributed by atoms with Gasteiger partial charge in [-0.3, -0.25) is 0 Å². The number of nitrogens with zero attached hydrogens (tertiary/aromatic N) is 2.